The van der Waals surface area contributed by atoms with Gasteiger partial charge in [-0.1, -0.05) is 27.7 Å². The Morgan fingerprint density at radius 1 is 1.11 bits per heavy atom. The zero-order valence-electron chi connectivity index (χ0n) is 11.4. The van der Waals surface area contributed by atoms with E-state index in [9.17, 15) is 18.0 Å². The minimum Gasteiger partial charge on any atom is -0.368 e. The van der Waals surface area contributed by atoms with Crippen LogP contribution in [0.4, 0.5) is 13.2 Å². The van der Waals surface area contributed by atoms with Crippen LogP contribution in [0.15, 0.2) is 0 Å². The third kappa shape index (κ3) is 6.23. The molecule has 3 nitrogen and oxygen atoms in total. The number of halogens is 3. The zero-order chi connectivity index (χ0) is 14.6. The number of rotatable bonds is 7. The van der Waals surface area contributed by atoms with Crippen molar-refractivity contribution in [2.45, 2.75) is 52.3 Å². The number of hydrogen-bond donors (Lipinski definition) is 2. The van der Waals surface area contributed by atoms with E-state index in [1.807, 2.05) is 27.7 Å². The Balaban J connectivity index is 5.01. The quantitative estimate of drug-likeness (QED) is 0.745. The Kier molecular flexibility index (Phi) is 6.13. The van der Waals surface area contributed by atoms with Crippen LogP contribution in [0.5, 0.6) is 0 Å². The van der Waals surface area contributed by atoms with E-state index in [-0.39, 0.29) is 11.8 Å². The molecule has 0 aliphatic heterocycles. The monoisotopic (exact) mass is 268 g/mol. The van der Waals surface area contributed by atoms with Crippen LogP contribution in [0.3, 0.4) is 0 Å². The van der Waals surface area contributed by atoms with E-state index in [1.165, 1.54) is 0 Å². The molecule has 0 radical (unpaired) electrons. The molecule has 0 aromatic rings. The van der Waals surface area contributed by atoms with Gasteiger partial charge in [0, 0.05) is 0 Å². The van der Waals surface area contributed by atoms with E-state index in [0.29, 0.717) is 12.8 Å². The van der Waals surface area contributed by atoms with Crippen LogP contribution in [-0.4, -0.2) is 24.2 Å². The Morgan fingerprint density at radius 3 is 1.72 bits per heavy atom. The second-order valence-corrected chi connectivity index (χ2v) is 5.61. The van der Waals surface area contributed by atoms with Crippen molar-refractivity contribution >= 4 is 5.91 Å². The fraction of sp³-hybridized carbons (Fsp3) is 0.917. The Labute approximate surface area is 106 Å². The zero-order valence-corrected chi connectivity index (χ0v) is 11.4. The largest absolute Gasteiger partial charge is 0.401 e. The lowest BCUT2D eigenvalue weighted by molar-refractivity contribution is -0.138. The number of carbonyl (C=O) groups is 1. The molecule has 0 aromatic heterocycles. The fourth-order valence-electron chi connectivity index (χ4n) is 2.18. The summed E-state index contributed by atoms with van der Waals surface area (Å²) in [5, 5.41) is 2.34. The van der Waals surface area contributed by atoms with Crippen molar-refractivity contribution < 1.29 is 18.0 Å². The number of hydrogen-bond acceptors (Lipinski definition) is 2. The number of carbonyl (C=O) groups excluding carboxylic acids is 1. The van der Waals surface area contributed by atoms with Crippen LogP contribution in [-0.2, 0) is 4.79 Å². The molecule has 0 atom stereocenters. The van der Waals surface area contributed by atoms with Gasteiger partial charge in [-0.15, -0.1) is 0 Å². The Morgan fingerprint density at radius 2 is 1.50 bits per heavy atom. The third-order valence-corrected chi connectivity index (χ3v) is 2.61. The van der Waals surface area contributed by atoms with Gasteiger partial charge in [0.15, 0.2) is 0 Å². The first-order valence-electron chi connectivity index (χ1n) is 6.10. The van der Waals surface area contributed by atoms with Gasteiger partial charge in [-0.05, 0) is 24.7 Å². The van der Waals surface area contributed by atoms with Crippen molar-refractivity contribution in [1.82, 2.24) is 5.32 Å². The van der Waals surface area contributed by atoms with Crippen molar-refractivity contribution in [1.29, 1.82) is 0 Å². The molecule has 108 valence electrons. The average molecular weight is 268 g/mol. The molecule has 0 heterocycles. The maximum Gasteiger partial charge on any atom is 0.401 e. The van der Waals surface area contributed by atoms with Crippen molar-refractivity contribution in [2.24, 2.45) is 17.6 Å². The minimum absolute atomic E-state index is 0.0805. The van der Waals surface area contributed by atoms with Gasteiger partial charge in [-0.2, -0.15) is 13.2 Å². The highest BCUT2D eigenvalue weighted by molar-refractivity contribution is 5.84. The number of nitrogens with two attached hydrogens (primary N) is 1. The smallest absolute Gasteiger partial charge is 0.368 e. The highest BCUT2D eigenvalue weighted by Crippen LogP contribution is 2.26. The molecule has 0 spiro atoms. The SMILES string of the molecule is CC(C)CC(CC(C)C)(NCC(F)(F)F)C(N)=O. The average Bonchev–Trinajstić information content (AvgIpc) is 2.10. The van der Waals surface area contributed by atoms with Crippen molar-refractivity contribution in [3.63, 3.8) is 0 Å². The van der Waals surface area contributed by atoms with E-state index in [2.05, 4.69) is 5.32 Å². The van der Waals surface area contributed by atoms with Crippen molar-refractivity contribution in [2.75, 3.05) is 6.54 Å². The summed E-state index contributed by atoms with van der Waals surface area (Å²) in [6, 6.07) is 0. The molecular formula is C12H23F3N2O. The summed E-state index contributed by atoms with van der Waals surface area (Å²) >= 11 is 0. The lowest BCUT2D eigenvalue weighted by atomic mass is 9.81. The molecule has 0 aliphatic rings. The topological polar surface area (TPSA) is 55.1 Å². The molecule has 0 unspecified atom stereocenters. The molecular weight excluding hydrogens is 245 g/mol. The Bertz CT molecular complexity index is 265. The summed E-state index contributed by atoms with van der Waals surface area (Å²) in [6.45, 7) is 6.22. The van der Waals surface area contributed by atoms with Crippen LogP contribution in [0.2, 0.25) is 0 Å². The summed E-state index contributed by atoms with van der Waals surface area (Å²) in [6.07, 6.45) is -3.75. The van der Waals surface area contributed by atoms with Crippen LogP contribution in [0, 0.1) is 11.8 Å². The second-order valence-electron chi connectivity index (χ2n) is 5.61. The number of alkyl halides is 3. The lowest BCUT2D eigenvalue weighted by Crippen LogP contribution is -2.58. The van der Waals surface area contributed by atoms with Gasteiger partial charge in [0.1, 0.15) is 0 Å². The first-order valence-corrected chi connectivity index (χ1v) is 6.10. The van der Waals surface area contributed by atoms with Crippen molar-refractivity contribution in [3.8, 4) is 0 Å². The molecule has 0 saturated heterocycles. The standard InChI is InChI=1S/C12H23F3N2O/c1-8(2)5-11(10(16)18,6-9(3)4)17-7-12(13,14)15/h8-9,17H,5-7H2,1-4H3,(H2,16,18). The molecule has 0 rings (SSSR count). The summed E-state index contributed by atoms with van der Waals surface area (Å²) in [5.74, 6) is -0.553. The normalized spacial score (nSPS) is 13.4. The fourth-order valence-corrected chi connectivity index (χ4v) is 2.18. The third-order valence-electron chi connectivity index (χ3n) is 2.61. The summed E-state index contributed by atoms with van der Waals surface area (Å²) in [4.78, 5) is 11.6. The molecule has 0 fully saturated rings. The predicted octanol–water partition coefficient (Wildman–Crippen LogP) is 2.45. The first kappa shape index (κ1) is 17.2. The molecule has 6 heteroatoms. The first-order chi connectivity index (χ1) is 7.98. The lowest BCUT2D eigenvalue weighted by Gasteiger charge is -2.35. The summed E-state index contributed by atoms with van der Waals surface area (Å²) < 4.78 is 36.9. The van der Waals surface area contributed by atoms with Crippen LogP contribution in [0.1, 0.15) is 40.5 Å². The Hall–Kier alpha value is -0.780. The van der Waals surface area contributed by atoms with Crippen LogP contribution in [0.25, 0.3) is 0 Å². The number of amides is 1. The molecule has 0 saturated carbocycles. The minimum atomic E-state index is -4.35. The van der Waals surface area contributed by atoms with Gasteiger partial charge in [0.25, 0.3) is 0 Å². The molecule has 0 aromatic carbocycles. The van der Waals surface area contributed by atoms with Gasteiger partial charge in [0.2, 0.25) is 5.91 Å². The van der Waals surface area contributed by atoms with E-state index in [0.717, 1.165) is 0 Å². The molecule has 18 heavy (non-hydrogen) atoms. The van der Waals surface area contributed by atoms with Gasteiger partial charge >= 0.3 is 6.18 Å². The highest BCUT2D eigenvalue weighted by atomic mass is 19.4. The second kappa shape index (κ2) is 6.41. The number of nitrogens with one attached hydrogen (secondary N) is 1. The highest BCUT2D eigenvalue weighted by Gasteiger charge is 2.40. The number of primary amides is 1. The van der Waals surface area contributed by atoms with E-state index in [4.69, 9.17) is 5.73 Å². The molecule has 0 bridgehead atoms. The maximum atomic E-state index is 12.3. The predicted molar refractivity (Wildman–Crippen MR) is 64.9 cm³/mol. The van der Waals surface area contributed by atoms with Crippen molar-refractivity contribution in [3.05, 3.63) is 0 Å². The molecule has 3 N–H and O–H groups in total. The van der Waals surface area contributed by atoms with Crippen LogP contribution >= 0.6 is 0 Å². The van der Waals surface area contributed by atoms with Gasteiger partial charge in [0.05, 0.1) is 12.1 Å². The molecule has 0 aliphatic carbocycles. The van der Waals surface area contributed by atoms with Gasteiger partial charge < -0.3 is 5.73 Å². The summed E-state index contributed by atoms with van der Waals surface area (Å²) in [5.41, 5.74) is 4.05. The maximum absolute atomic E-state index is 12.3. The van der Waals surface area contributed by atoms with E-state index < -0.39 is 24.2 Å². The van der Waals surface area contributed by atoms with Gasteiger partial charge in [-0.25, -0.2) is 0 Å². The van der Waals surface area contributed by atoms with Crippen LogP contribution < -0.4 is 11.1 Å². The van der Waals surface area contributed by atoms with Gasteiger partial charge in [-0.3, -0.25) is 10.1 Å². The molecule has 1 amide bonds. The summed E-state index contributed by atoms with van der Waals surface area (Å²) in [7, 11) is 0. The van der Waals surface area contributed by atoms with E-state index >= 15 is 0 Å². The van der Waals surface area contributed by atoms with E-state index in [1.54, 1.807) is 0 Å².